The summed E-state index contributed by atoms with van der Waals surface area (Å²) in [5.41, 5.74) is -4.94. The molecule has 0 saturated heterocycles. The van der Waals surface area contributed by atoms with E-state index in [0.29, 0.717) is 0 Å². The lowest BCUT2D eigenvalue weighted by Gasteiger charge is -2.33. The van der Waals surface area contributed by atoms with Gasteiger partial charge in [0.15, 0.2) is 5.78 Å². The summed E-state index contributed by atoms with van der Waals surface area (Å²) in [7, 11) is 1.48. The van der Waals surface area contributed by atoms with Gasteiger partial charge in [-0.3, -0.25) is 9.59 Å². The number of aromatic hydroxyl groups is 2. The number of amides is 1. The van der Waals surface area contributed by atoms with E-state index in [0.717, 1.165) is 56.3 Å². The van der Waals surface area contributed by atoms with Crippen molar-refractivity contribution in [3.05, 3.63) is 106 Å². The molecule has 0 aliphatic heterocycles. The van der Waals surface area contributed by atoms with Gasteiger partial charge in [0, 0.05) is 12.6 Å². The van der Waals surface area contributed by atoms with Crippen LogP contribution in [0, 0.1) is 0 Å². The predicted molar refractivity (Wildman–Crippen MR) is 163 cm³/mol. The first kappa shape index (κ1) is 33.8. The minimum atomic E-state index is -4.90. The second-order valence-corrected chi connectivity index (χ2v) is 10.5. The lowest BCUT2D eigenvalue weighted by molar-refractivity contribution is -0.173. The highest BCUT2D eigenvalue weighted by atomic mass is 19.4. The topological polar surface area (TPSA) is 182 Å². The first-order valence-electron chi connectivity index (χ1n) is 13.6. The molecule has 11 nitrogen and oxygen atoms in total. The first-order chi connectivity index (χ1) is 22.0. The zero-order chi connectivity index (χ0) is 34.8. The Hall–Kier alpha value is -6.05. The van der Waals surface area contributed by atoms with Gasteiger partial charge in [-0.2, -0.15) is 13.2 Å². The molecule has 6 N–H and O–H groups in total. The van der Waals surface area contributed by atoms with Crippen molar-refractivity contribution >= 4 is 35.0 Å². The Kier molecular flexibility index (Phi) is 9.18. The molecule has 0 aliphatic carbocycles. The second kappa shape index (κ2) is 12.7. The van der Waals surface area contributed by atoms with Gasteiger partial charge >= 0.3 is 18.1 Å². The Morgan fingerprint density at radius 2 is 1.15 bits per heavy atom. The fourth-order valence-corrected chi connectivity index (χ4v) is 4.85. The molecule has 4 aromatic carbocycles. The number of alkyl halides is 3. The molecular formula is C33H27F3N2O9. The van der Waals surface area contributed by atoms with E-state index in [-0.39, 0.29) is 39.6 Å². The van der Waals surface area contributed by atoms with Crippen LogP contribution in [-0.2, 0) is 5.41 Å². The summed E-state index contributed by atoms with van der Waals surface area (Å²) in [5, 5.41) is 44.8. The predicted octanol–water partition coefficient (Wildman–Crippen LogP) is 6.65. The number of carbonyl (C=O) groups excluding carboxylic acids is 2. The molecule has 4 aromatic rings. The van der Waals surface area contributed by atoms with Crippen molar-refractivity contribution in [2.75, 3.05) is 17.7 Å². The van der Waals surface area contributed by atoms with Crippen LogP contribution < -0.4 is 15.4 Å². The molecular weight excluding hydrogens is 625 g/mol. The van der Waals surface area contributed by atoms with Crippen molar-refractivity contribution < 1.29 is 57.5 Å². The smallest absolute Gasteiger partial charge is 0.402 e. The number of phenols is 2. The highest BCUT2D eigenvalue weighted by Crippen LogP contribution is 2.48. The number of ketones is 1. The summed E-state index contributed by atoms with van der Waals surface area (Å²) >= 11 is 0. The van der Waals surface area contributed by atoms with Gasteiger partial charge < -0.3 is 35.8 Å². The molecule has 0 saturated carbocycles. The third kappa shape index (κ3) is 6.66. The molecule has 0 spiro atoms. The van der Waals surface area contributed by atoms with Crippen molar-refractivity contribution in [3.63, 3.8) is 0 Å². The van der Waals surface area contributed by atoms with Crippen LogP contribution in [0.5, 0.6) is 23.0 Å². The SMILES string of the molecule is CNc1ccc(C(C)(c2ccc(NC(=O)c3cc(Oc4ccc(C(=O)O)c(C(C)=O)c4)ccc3C(=O)O)c(O)c2)C(F)(F)F)cc1O. The van der Waals surface area contributed by atoms with Crippen LogP contribution in [0.15, 0.2) is 72.8 Å². The molecule has 0 heterocycles. The van der Waals surface area contributed by atoms with Crippen molar-refractivity contribution in [2.45, 2.75) is 25.4 Å². The van der Waals surface area contributed by atoms with Crippen molar-refractivity contribution in [1.29, 1.82) is 0 Å². The summed E-state index contributed by atoms with van der Waals surface area (Å²) in [6.45, 7) is 2.03. The molecule has 0 bridgehead atoms. The molecule has 47 heavy (non-hydrogen) atoms. The number of carbonyl (C=O) groups is 4. The number of carboxylic acid groups (broad SMARTS) is 2. The zero-order valence-corrected chi connectivity index (χ0v) is 24.9. The molecule has 1 amide bonds. The average molecular weight is 653 g/mol. The zero-order valence-electron chi connectivity index (χ0n) is 24.9. The van der Waals surface area contributed by atoms with Crippen LogP contribution in [0.1, 0.15) is 66.4 Å². The van der Waals surface area contributed by atoms with Crippen LogP contribution in [-0.4, -0.2) is 57.3 Å². The molecule has 244 valence electrons. The number of benzene rings is 4. The summed E-state index contributed by atoms with van der Waals surface area (Å²) in [5.74, 6) is -5.72. The molecule has 4 rings (SSSR count). The van der Waals surface area contributed by atoms with Gasteiger partial charge in [-0.1, -0.05) is 12.1 Å². The Bertz CT molecular complexity index is 1920. The van der Waals surface area contributed by atoms with Crippen LogP contribution >= 0.6 is 0 Å². The third-order valence-electron chi connectivity index (χ3n) is 7.54. The van der Waals surface area contributed by atoms with Gasteiger partial charge in [-0.25, -0.2) is 9.59 Å². The second-order valence-electron chi connectivity index (χ2n) is 10.5. The van der Waals surface area contributed by atoms with E-state index in [1.165, 1.54) is 37.4 Å². The number of hydrogen-bond donors (Lipinski definition) is 6. The van der Waals surface area contributed by atoms with Gasteiger partial charge in [-0.05, 0) is 85.6 Å². The summed E-state index contributed by atoms with van der Waals surface area (Å²) in [6.07, 6.45) is -4.90. The minimum Gasteiger partial charge on any atom is -0.506 e. The Morgan fingerprint density at radius 3 is 1.57 bits per heavy atom. The van der Waals surface area contributed by atoms with Gasteiger partial charge in [0.25, 0.3) is 5.91 Å². The number of halogens is 3. The molecule has 0 aliphatic rings. The fraction of sp³-hybridized carbons (Fsp3) is 0.152. The lowest BCUT2D eigenvalue weighted by Crippen LogP contribution is -2.40. The Morgan fingerprint density at radius 1 is 0.681 bits per heavy atom. The van der Waals surface area contributed by atoms with E-state index in [9.17, 15) is 52.8 Å². The van der Waals surface area contributed by atoms with E-state index in [1.807, 2.05) is 0 Å². The number of ether oxygens (including phenoxy) is 1. The Balaban J connectivity index is 1.67. The maximum Gasteiger partial charge on any atom is 0.402 e. The van der Waals surface area contributed by atoms with Crippen LogP contribution in [0.2, 0.25) is 0 Å². The monoisotopic (exact) mass is 652 g/mol. The van der Waals surface area contributed by atoms with Gasteiger partial charge in [0.1, 0.15) is 28.4 Å². The molecule has 1 atom stereocenters. The summed E-state index contributed by atoms with van der Waals surface area (Å²) in [6, 6.07) is 13.1. The number of phenolic OH excluding ortho intramolecular Hbond substituents is 2. The standard InChI is InChI=1S/C33H27F3N2O9/c1-16(39)23-14-19(6-8-21(23)30(43)44)47-20-7-9-22(31(45)46)24(15-20)29(42)38-26-11-5-18(13-28(26)41)32(2,33(34,35)36)17-4-10-25(37-3)27(40)12-17/h4-15,37,40-41H,1-3H3,(H,38,42)(H,43,44)(H,45,46). The van der Waals surface area contributed by atoms with Gasteiger partial charge in [-0.15, -0.1) is 0 Å². The normalized spacial score (nSPS) is 12.5. The van der Waals surface area contributed by atoms with E-state index in [1.54, 1.807) is 0 Å². The van der Waals surface area contributed by atoms with E-state index < -0.39 is 63.4 Å². The largest absolute Gasteiger partial charge is 0.506 e. The van der Waals surface area contributed by atoms with E-state index in [2.05, 4.69) is 10.6 Å². The van der Waals surface area contributed by atoms with E-state index >= 15 is 0 Å². The number of hydrogen-bond acceptors (Lipinski definition) is 8. The molecule has 14 heteroatoms. The molecule has 0 aromatic heterocycles. The van der Waals surface area contributed by atoms with Crippen molar-refractivity contribution in [2.24, 2.45) is 0 Å². The highest BCUT2D eigenvalue weighted by molar-refractivity contribution is 6.11. The molecule has 0 radical (unpaired) electrons. The summed E-state index contributed by atoms with van der Waals surface area (Å²) in [4.78, 5) is 48.5. The van der Waals surface area contributed by atoms with Crippen LogP contribution in [0.4, 0.5) is 24.5 Å². The minimum absolute atomic E-state index is 0.00416. The van der Waals surface area contributed by atoms with Gasteiger partial charge in [0.05, 0.1) is 28.1 Å². The quantitative estimate of drug-likeness (QED) is 0.0801. The third-order valence-corrected chi connectivity index (χ3v) is 7.54. The maximum atomic E-state index is 14.5. The number of rotatable bonds is 10. The number of carboxylic acids is 2. The lowest BCUT2D eigenvalue weighted by atomic mass is 9.75. The molecule has 0 fully saturated rings. The number of anilines is 2. The van der Waals surface area contributed by atoms with Gasteiger partial charge in [0.2, 0.25) is 0 Å². The van der Waals surface area contributed by atoms with E-state index in [4.69, 9.17) is 4.74 Å². The van der Waals surface area contributed by atoms with Crippen molar-refractivity contribution in [1.82, 2.24) is 0 Å². The fourth-order valence-electron chi connectivity index (χ4n) is 4.85. The summed E-state index contributed by atoms with van der Waals surface area (Å²) < 4.78 is 49.2. The maximum absolute atomic E-state index is 14.5. The highest BCUT2D eigenvalue weighted by Gasteiger charge is 2.54. The number of nitrogens with one attached hydrogen (secondary N) is 2. The van der Waals surface area contributed by atoms with Crippen molar-refractivity contribution in [3.8, 4) is 23.0 Å². The number of Topliss-reactive ketones (excluding diaryl/α,β-unsaturated/α-hetero) is 1. The average Bonchev–Trinajstić information content (AvgIpc) is 3.00. The van der Waals surface area contributed by atoms with Crippen LogP contribution in [0.25, 0.3) is 0 Å². The first-order valence-corrected chi connectivity index (χ1v) is 13.6. The Labute approximate surface area is 264 Å². The van der Waals surface area contributed by atoms with Crippen LogP contribution in [0.3, 0.4) is 0 Å². The number of aromatic carboxylic acids is 2. The molecule has 1 unspecified atom stereocenters.